The molecule has 0 radical (unpaired) electrons. The zero-order valence-electron chi connectivity index (χ0n) is 11.3. The van der Waals surface area contributed by atoms with Gasteiger partial charge >= 0.3 is 0 Å². The Morgan fingerprint density at radius 1 is 1.15 bits per heavy atom. The van der Waals surface area contributed by atoms with Gasteiger partial charge in [0, 0.05) is 5.70 Å². The van der Waals surface area contributed by atoms with Crippen molar-refractivity contribution in [2.24, 2.45) is 5.73 Å². The molecule has 0 amide bonds. The molecule has 1 aliphatic carbocycles. The molecule has 0 spiro atoms. The molecule has 0 bridgehead atoms. The molecule has 0 aromatic heterocycles. The summed E-state index contributed by atoms with van der Waals surface area (Å²) in [7, 11) is 0. The number of benzene rings is 2. The van der Waals surface area contributed by atoms with Crippen LogP contribution >= 0.6 is 0 Å². The van der Waals surface area contributed by atoms with Crippen molar-refractivity contribution in [3.8, 4) is 0 Å². The van der Waals surface area contributed by atoms with Crippen LogP contribution in [0.3, 0.4) is 0 Å². The standard InChI is InChI=1S/C19H17N/c1-2-5-17(20)12-14-8-9-16-11-10-15-6-3-4-7-18(15)19(16)13-14/h2-7,9-13H,1,8,20H2/b14-12+,17-5+. The van der Waals surface area contributed by atoms with Gasteiger partial charge in [-0.15, -0.1) is 0 Å². The summed E-state index contributed by atoms with van der Waals surface area (Å²) in [6.07, 6.45) is 11.0. The molecule has 0 fully saturated rings. The molecule has 0 saturated heterocycles. The summed E-state index contributed by atoms with van der Waals surface area (Å²) in [6, 6.07) is 12.8. The third kappa shape index (κ3) is 2.30. The lowest BCUT2D eigenvalue weighted by molar-refractivity contribution is 1.30. The number of allylic oxidation sites excluding steroid dienone is 4. The van der Waals surface area contributed by atoms with Crippen LogP contribution in [0, 0.1) is 0 Å². The summed E-state index contributed by atoms with van der Waals surface area (Å²) in [4.78, 5) is 0. The van der Waals surface area contributed by atoms with Crippen LogP contribution in [0.5, 0.6) is 0 Å². The van der Waals surface area contributed by atoms with E-state index in [0.717, 1.165) is 12.1 Å². The van der Waals surface area contributed by atoms with E-state index < -0.39 is 0 Å². The van der Waals surface area contributed by atoms with Gasteiger partial charge in [0.25, 0.3) is 0 Å². The van der Waals surface area contributed by atoms with Crippen LogP contribution in [0.4, 0.5) is 0 Å². The van der Waals surface area contributed by atoms with Gasteiger partial charge < -0.3 is 5.73 Å². The average molecular weight is 259 g/mol. The fourth-order valence-electron chi connectivity index (χ4n) is 2.62. The Bertz CT molecular complexity index is 851. The van der Waals surface area contributed by atoms with Gasteiger partial charge in [-0.2, -0.15) is 0 Å². The van der Waals surface area contributed by atoms with E-state index in [1.54, 1.807) is 6.08 Å². The Morgan fingerprint density at radius 2 is 2.00 bits per heavy atom. The Kier molecular flexibility index (Phi) is 3.26. The largest absolute Gasteiger partial charge is 0.399 e. The van der Waals surface area contributed by atoms with Crippen molar-refractivity contribution in [3.05, 3.63) is 82.9 Å². The highest BCUT2D eigenvalue weighted by Gasteiger charge is 2.02. The molecule has 0 saturated carbocycles. The van der Waals surface area contributed by atoms with E-state index in [2.05, 4.69) is 55.1 Å². The first-order valence-electron chi connectivity index (χ1n) is 6.76. The maximum Gasteiger partial charge on any atom is 0.0316 e. The number of rotatable bonds is 2. The van der Waals surface area contributed by atoms with E-state index in [9.17, 15) is 0 Å². The molecule has 1 nitrogen and oxygen atoms in total. The van der Waals surface area contributed by atoms with E-state index in [4.69, 9.17) is 5.73 Å². The lowest BCUT2D eigenvalue weighted by Crippen LogP contribution is -2.27. The van der Waals surface area contributed by atoms with Crippen LogP contribution in [0.1, 0.15) is 6.42 Å². The Hall–Kier alpha value is -2.54. The normalized spacial score (nSPS) is 16.4. The van der Waals surface area contributed by atoms with Gasteiger partial charge in [-0.25, -0.2) is 0 Å². The van der Waals surface area contributed by atoms with Crippen molar-refractivity contribution in [2.75, 3.05) is 0 Å². The second-order valence-electron chi connectivity index (χ2n) is 4.96. The number of hydrogen-bond donors (Lipinski definition) is 1. The molecular weight excluding hydrogens is 242 g/mol. The first-order chi connectivity index (χ1) is 9.78. The molecule has 1 heteroatoms. The van der Waals surface area contributed by atoms with Gasteiger partial charge in [0.05, 0.1) is 0 Å². The SMILES string of the molecule is C=C/C=C(N)\C=C1\C=c2c(ccc3ccccc23)=CC1. The minimum atomic E-state index is 0.739. The minimum absolute atomic E-state index is 0.739. The van der Waals surface area contributed by atoms with E-state index in [1.807, 2.05) is 12.2 Å². The van der Waals surface area contributed by atoms with Gasteiger partial charge in [0.15, 0.2) is 0 Å². The van der Waals surface area contributed by atoms with Crippen molar-refractivity contribution >= 4 is 22.9 Å². The smallest absolute Gasteiger partial charge is 0.0316 e. The van der Waals surface area contributed by atoms with Gasteiger partial charge in [-0.05, 0) is 45.4 Å². The maximum absolute atomic E-state index is 5.93. The highest BCUT2D eigenvalue weighted by molar-refractivity contribution is 5.85. The molecule has 2 aromatic carbocycles. The molecule has 98 valence electrons. The van der Waals surface area contributed by atoms with Crippen molar-refractivity contribution < 1.29 is 0 Å². The number of fused-ring (bicyclic) bond motifs is 3. The molecule has 0 heterocycles. The quantitative estimate of drug-likeness (QED) is 0.825. The van der Waals surface area contributed by atoms with Crippen LogP contribution < -0.4 is 16.2 Å². The van der Waals surface area contributed by atoms with Crippen LogP contribution in [-0.2, 0) is 0 Å². The lowest BCUT2D eigenvalue weighted by Gasteiger charge is -2.08. The first kappa shape index (κ1) is 12.5. The molecule has 2 aromatic rings. The molecule has 1 aliphatic rings. The van der Waals surface area contributed by atoms with E-state index in [1.165, 1.54) is 26.8 Å². The first-order valence-corrected chi connectivity index (χ1v) is 6.76. The summed E-state index contributed by atoms with van der Waals surface area (Å²) in [5.41, 5.74) is 7.89. The summed E-state index contributed by atoms with van der Waals surface area (Å²) in [5.74, 6) is 0. The molecular formula is C19H17N. The topological polar surface area (TPSA) is 26.0 Å². The summed E-state index contributed by atoms with van der Waals surface area (Å²) in [5, 5.41) is 5.14. The summed E-state index contributed by atoms with van der Waals surface area (Å²) in [6.45, 7) is 3.67. The fraction of sp³-hybridized carbons (Fsp3) is 0.0526. The zero-order valence-corrected chi connectivity index (χ0v) is 11.3. The zero-order chi connectivity index (χ0) is 13.9. The second-order valence-corrected chi connectivity index (χ2v) is 4.96. The van der Waals surface area contributed by atoms with Gasteiger partial charge in [-0.1, -0.05) is 61.2 Å². The molecule has 0 unspecified atom stereocenters. The lowest BCUT2D eigenvalue weighted by atomic mass is 9.98. The predicted molar refractivity (Wildman–Crippen MR) is 87.3 cm³/mol. The van der Waals surface area contributed by atoms with Crippen molar-refractivity contribution in [2.45, 2.75) is 6.42 Å². The van der Waals surface area contributed by atoms with Gasteiger partial charge in [-0.3, -0.25) is 0 Å². The van der Waals surface area contributed by atoms with E-state index in [0.29, 0.717) is 0 Å². The molecule has 3 rings (SSSR count). The third-order valence-corrected chi connectivity index (χ3v) is 3.55. The maximum atomic E-state index is 5.93. The molecule has 0 atom stereocenters. The number of nitrogens with two attached hydrogens (primary N) is 1. The van der Waals surface area contributed by atoms with Crippen LogP contribution in [0.25, 0.3) is 22.9 Å². The van der Waals surface area contributed by atoms with Crippen molar-refractivity contribution in [1.29, 1.82) is 0 Å². The summed E-state index contributed by atoms with van der Waals surface area (Å²) < 4.78 is 0. The molecule has 2 N–H and O–H groups in total. The fourth-order valence-corrected chi connectivity index (χ4v) is 2.62. The Morgan fingerprint density at radius 3 is 2.85 bits per heavy atom. The molecule has 0 aliphatic heterocycles. The summed E-state index contributed by atoms with van der Waals surface area (Å²) >= 11 is 0. The Balaban J connectivity index is 2.23. The van der Waals surface area contributed by atoms with Crippen LogP contribution in [-0.4, -0.2) is 0 Å². The van der Waals surface area contributed by atoms with Gasteiger partial charge in [0.1, 0.15) is 0 Å². The highest BCUT2D eigenvalue weighted by Crippen LogP contribution is 2.12. The van der Waals surface area contributed by atoms with Crippen molar-refractivity contribution in [1.82, 2.24) is 0 Å². The minimum Gasteiger partial charge on any atom is -0.399 e. The third-order valence-electron chi connectivity index (χ3n) is 3.55. The number of hydrogen-bond acceptors (Lipinski definition) is 1. The van der Waals surface area contributed by atoms with Gasteiger partial charge in [0.2, 0.25) is 0 Å². The monoisotopic (exact) mass is 259 g/mol. The molecule has 20 heavy (non-hydrogen) atoms. The van der Waals surface area contributed by atoms with E-state index >= 15 is 0 Å². The van der Waals surface area contributed by atoms with Crippen LogP contribution in [0.2, 0.25) is 0 Å². The van der Waals surface area contributed by atoms with Crippen LogP contribution in [0.15, 0.2) is 72.5 Å². The highest BCUT2D eigenvalue weighted by atomic mass is 14.5. The Labute approximate surface area is 118 Å². The van der Waals surface area contributed by atoms with Crippen molar-refractivity contribution in [3.63, 3.8) is 0 Å². The predicted octanol–water partition coefficient (Wildman–Crippen LogP) is 2.76. The second kappa shape index (κ2) is 5.22. The van der Waals surface area contributed by atoms with E-state index in [-0.39, 0.29) is 0 Å². The average Bonchev–Trinajstić information content (AvgIpc) is 2.47.